The lowest BCUT2D eigenvalue weighted by Gasteiger charge is -2.20. The van der Waals surface area contributed by atoms with Gasteiger partial charge in [0.05, 0.1) is 24.7 Å². The first kappa shape index (κ1) is 16.8. The third-order valence-corrected chi connectivity index (χ3v) is 6.38. The first-order valence-electron chi connectivity index (χ1n) is 7.41. The van der Waals surface area contributed by atoms with Crippen LogP contribution in [0.25, 0.3) is 0 Å². The molecule has 0 aliphatic rings. The molecule has 5 heteroatoms. The molecule has 0 bridgehead atoms. The second-order valence-corrected chi connectivity index (χ2v) is 7.58. The molecule has 0 amide bonds. The van der Waals surface area contributed by atoms with Crippen molar-refractivity contribution < 1.29 is 9.47 Å². The Bertz CT molecular complexity index is 793. The number of hydrogen-bond acceptors (Lipinski definition) is 3. The largest absolute Gasteiger partial charge is 0.497 e. The van der Waals surface area contributed by atoms with E-state index in [0.29, 0.717) is 5.02 Å². The van der Waals surface area contributed by atoms with Gasteiger partial charge < -0.3 is 9.47 Å². The minimum absolute atomic E-state index is 0.661. The van der Waals surface area contributed by atoms with Gasteiger partial charge in [-0.05, 0) is 47.0 Å². The monoisotopic (exact) mass is 357 g/mol. The number of aromatic nitrogens is 1. The average Bonchev–Trinajstić information content (AvgIpc) is 2.64. The minimum atomic E-state index is -0.914. The van der Waals surface area contributed by atoms with Crippen molar-refractivity contribution in [1.29, 1.82) is 0 Å². The Morgan fingerprint density at radius 3 is 1.92 bits per heavy atom. The van der Waals surface area contributed by atoms with Crippen LogP contribution >= 0.6 is 19.5 Å². The van der Waals surface area contributed by atoms with Crippen molar-refractivity contribution in [3.05, 3.63) is 71.9 Å². The summed E-state index contributed by atoms with van der Waals surface area (Å²) in [5.41, 5.74) is 0.871. The molecule has 0 aliphatic heterocycles. The summed E-state index contributed by atoms with van der Waals surface area (Å²) in [5.74, 6) is 1.63. The predicted molar refractivity (Wildman–Crippen MR) is 101 cm³/mol. The highest BCUT2D eigenvalue weighted by Gasteiger charge is 2.21. The van der Waals surface area contributed by atoms with Crippen molar-refractivity contribution in [2.45, 2.75) is 0 Å². The van der Waals surface area contributed by atoms with Crippen LogP contribution in [0.3, 0.4) is 0 Å². The van der Waals surface area contributed by atoms with Gasteiger partial charge in [-0.25, -0.2) is 0 Å². The van der Waals surface area contributed by atoms with Crippen LogP contribution in [0.5, 0.6) is 11.5 Å². The van der Waals surface area contributed by atoms with Crippen LogP contribution in [0.4, 0.5) is 0 Å². The summed E-state index contributed by atoms with van der Waals surface area (Å²) in [4.78, 5) is 4.56. The highest BCUT2D eigenvalue weighted by Crippen LogP contribution is 2.36. The maximum absolute atomic E-state index is 6.46. The number of nitrogens with zero attached hydrogens (tertiary/aromatic N) is 1. The number of hydrogen-bond donors (Lipinski definition) is 0. The summed E-state index contributed by atoms with van der Waals surface area (Å²) in [6.07, 6.45) is 1.77. The van der Waals surface area contributed by atoms with E-state index < -0.39 is 7.92 Å². The van der Waals surface area contributed by atoms with Crippen LogP contribution in [-0.4, -0.2) is 19.2 Å². The van der Waals surface area contributed by atoms with Gasteiger partial charge in [0.1, 0.15) is 11.5 Å². The Balaban J connectivity index is 2.18. The van der Waals surface area contributed by atoms with Crippen molar-refractivity contribution in [3.63, 3.8) is 0 Å². The van der Waals surface area contributed by atoms with E-state index in [-0.39, 0.29) is 0 Å². The lowest BCUT2D eigenvalue weighted by atomic mass is 10.3. The Morgan fingerprint density at radius 1 is 0.833 bits per heavy atom. The molecule has 0 radical (unpaired) electrons. The van der Waals surface area contributed by atoms with Gasteiger partial charge in [-0.3, -0.25) is 4.98 Å². The van der Waals surface area contributed by atoms with Crippen LogP contribution in [0.2, 0.25) is 5.02 Å². The summed E-state index contributed by atoms with van der Waals surface area (Å²) < 4.78 is 10.8. The van der Waals surface area contributed by atoms with Crippen molar-refractivity contribution in [1.82, 2.24) is 4.98 Å². The second-order valence-electron chi connectivity index (χ2n) is 5.05. The Labute approximate surface area is 148 Å². The maximum Gasteiger partial charge on any atom is 0.119 e. The van der Waals surface area contributed by atoms with E-state index in [1.165, 1.54) is 0 Å². The molecule has 3 aromatic rings. The lowest BCUT2D eigenvalue weighted by molar-refractivity contribution is 0.415. The number of ether oxygens (including phenoxy) is 2. The normalized spacial score (nSPS) is 10.7. The summed E-state index contributed by atoms with van der Waals surface area (Å²) in [5, 5.41) is 2.91. The zero-order chi connectivity index (χ0) is 16.9. The Morgan fingerprint density at radius 2 is 1.42 bits per heavy atom. The number of benzene rings is 2. The number of pyridine rings is 1. The number of rotatable bonds is 5. The highest BCUT2D eigenvalue weighted by molar-refractivity contribution is 7.79. The van der Waals surface area contributed by atoms with Crippen molar-refractivity contribution >= 4 is 35.6 Å². The first-order chi connectivity index (χ1) is 11.7. The fourth-order valence-electron chi connectivity index (χ4n) is 2.43. The Hall–Kier alpha value is -2.09. The molecule has 2 aromatic carbocycles. The summed E-state index contributed by atoms with van der Waals surface area (Å²) in [6.45, 7) is 0. The molecule has 0 fully saturated rings. The molecular weight excluding hydrogens is 341 g/mol. The zero-order valence-corrected chi connectivity index (χ0v) is 15.1. The van der Waals surface area contributed by atoms with Gasteiger partial charge in [0.25, 0.3) is 0 Å². The molecule has 122 valence electrons. The smallest absolute Gasteiger partial charge is 0.119 e. The van der Waals surface area contributed by atoms with Crippen LogP contribution < -0.4 is 25.5 Å². The van der Waals surface area contributed by atoms with Gasteiger partial charge in [-0.15, -0.1) is 0 Å². The molecular formula is C19H17ClNO2P. The van der Waals surface area contributed by atoms with E-state index in [9.17, 15) is 0 Å². The van der Waals surface area contributed by atoms with Crippen molar-refractivity contribution in [3.8, 4) is 11.5 Å². The Kier molecular flexibility index (Phi) is 5.34. The van der Waals surface area contributed by atoms with E-state index in [0.717, 1.165) is 27.5 Å². The van der Waals surface area contributed by atoms with Crippen molar-refractivity contribution in [2.75, 3.05) is 14.2 Å². The topological polar surface area (TPSA) is 31.4 Å². The van der Waals surface area contributed by atoms with Gasteiger partial charge in [0, 0.05) is 14.1 Å². The maximum atomic E-state index is 6.46. The fourth-order valence-corrected chi connectivity index (χ4v) is 5.05. The molecule has 1 aromatic heterocycles. The van der Waals surface area contributed by atoms with Gasteiger partial charge in [-0.1, -0.05) is 35.9 Å². The van der Waals surface area contributed by atoms with Gasteiger partial charge in [0.15, 0.2) is 0 Å². The number of halogens is 1. The van der Waals surface area contributed by atoms with Crippen LogP contribution in [0.15, 0.2) is 66.9 Å². The SMILES string of the molecule is COc1cccc(P(c2cccc(OC)c2)c2ncccc2Cl)c1. The molecule has 0 spiro atoms. The third-order valence-electron chi connectivity index (χ3n) is 3.57. The minimum Gasteiger partial charge on any atom is -0.497 e. The molecule has 3 nitrogen and oxygen atoms in total. The average molecular weight is 358 g/mol. The van der Waals surface area contributed by atoms with E-state index in [2.05, 4.69) is 17.1 Å². The fraction of sp³-hybridized carbons (Fsp3) is 0.105. The summed E-state index contributed by atoms with van der Waals surface area (Å²) in [6, 6.07) is 19.8. The van der Waals surface area contributed by atoms with E-state index in [1.807, 2.05) is 48.5 Å². The van der Waals surface area contributed by atoms with Crippen LogP contribution in [-0.2, 0) is 0 Å². The zero-order valence-electron chi connectivity index (χ0n) is 13.4. The first-order valence-corrected chi connectivity index (χ1v) is 9.13. The van der Waals surface area contributed by atoms with E-state index in [4.69, 9.17) is 21.1 Å². The van der Waals surface area contributed by atoms with Gasteiger partial charge in [-0.2, -0.15) is 0 Å². The van der Waals surface area contributed by atoms with Crippen LogP contribution in [0, 0.1) is 0 Å². The highest BCUT2D eigenvalue weighted by atomic mass is 35.5. The number of methoxy groups -OCH3 is 2. The van der Waals surface area contributed by atoms with Crippen LogP contribution in [0.1, 0.15) is 0 Å². The molecule has 0 unspecified atom stereocenters. The van der Waals surface area contributed by atoms with E-state index >= 15 is 0 Å². The van der Waals surface area contributed by atoms with Gasteiger partial charge in [0.2, 0.25) is 0 Å². The molecule has 0 aliphatic carbocycles. The molecule has 3 rings (SSSR count). The molecule has 0 saturated heterocycles. The van der Waals surface area contributed by atoms with Crippen molar-refractivity contribution in [2.24, 2.45) is 0 Å². The molecule has 0 N–H and O–H groups in total. The summed E-state index contributed by atoms with van der Waals surface area (Å²) in [7, 11) is 2.42. The molecule has 0 saturated carbocycles. The molecule has 1 heterocycles. The lowest BCUT2D eigenvalue weighted by Crippen LogP contribution is -2.23. The third kappa shape index (κ3) is 3.53. The quantitative estimate of drug-likeness (QED) is 0.655. The second kappa shape index (κ2) is 7.65. The predicted octanol–water partition coefficient (Wildman–Crippen LogP) is 3.51. The van der Waals surface area contributed by atoms with Gasteiger partial charge >= 0.3 is 0 Å². The standard InChI is InChI=1S/C19H17ClNO2P/c1-22-14-6-3-8-16(12-14)24(19-18(20)10-5-11-21-19)17-9-4-7-15(13-17)23-2/h3-13H,1-2H3. The summed E-state index contributed by atoms with van der Waals surface area (Å²) >= 11 is 6.46. The molecule has 0 atom stereocenters. The van der Waals surface area contributed by atoms with E-state index in [1.54, 1.807) is 20.4 Å². The molecule has 24 heavy (non-hydrogen) atoms.